The Bertz CT molecular complexity index is 526. The van der Waals surface area contributed by atoms with E-state index in [1.807, 2.05) is 0 Å². The second-order valence-corrected chi connectivity index (χ2v) is 3.69. The monoisotopic (exact) mass is 241 g/mol. The van der Waals surface area contributed by atoms with E-state index in [-0.39, 0.29) is 5.56 Å². The van der Waals surface area contributed by atoms with Crippen LogP contribution < -0.4 is 5.73 Å². The number of alkyl halides is 3. The molecule has 2 rings (SSSR count). The van der Waals surface area contributed by atoms with Crippen LogP contribution in [0, 0.1) is 6.92 Å². The van der Waals surface area contributed by atoms with E-state index in [4.69, 9.17) is 5.73 Å². The van der Waals surface area contributed by atoms with Gasteiger partial charge in [-0.15, -0.1) is 0 Å². The molecule has 1 aromatic carbocycles. The second-order valence-electron chi connectivity index (χ2n) is 3.69. The van der Waals surface area contributed by atoms with Crippen LogP contribution in [0.25, 0.3) is 11.1 Å². The Morgan fingerprint density at radius 3 is 2.29 bits per heavy atom. The average molecular weight is 241 g/mol. The van der Waals surface area contributed by atoms with Crippen LogP contribution in [0.3, 0.4) is 0 Å². The maximum Gasteiger partial charge on any atom is 0.435 e. The Labute approximate surface area is 95.5 Å². The maximum atomic E-state index is 12.7. The van der Waals surface area contributed by atoms with Crippen LogP contribution in [0.2, 0.25) is 0 Å². The minimum absolute atomic E-state index is 0.0671. The molecule has 0 fully saturated rings. The fraction of sp³-hybridized carbons (Fsp3) is 0.182. The van der Waals surface area contributed by atoms with Gasteiger partial charge < -0.3 is 5.73 Å². The lowest BCUT2D eigenvalue weighted by Crippen LogP contribution is -2.07. The summed E-state index contributed by atoms with van der Waals surface area (Å²) in [5.41, 5.74) is 5.98. The summed E-state index contributed by atoms with van der Waals surface area (Å²) in [5.74, 6) is 0. The topological polar surface area (TPSA) is 54.7 Å². The molecule has 6 heteroatoms. The van der Waals surface area contributed by atoms with Crippen molar-refractivity contribution in [3.05, 3.63) is 35.7 Å². The number of anilines is 1. The molecule has 0 atom stereocenters. The van der Waals surface area contributed by atoms with E-state index >= 15 is 0 Å². The first-order chi connectivity index (χ1) is 7.89. The molecule has 0 saturated carbocycles. The Morgan fingerprint density at radius 2 is 1.76 bits per heavy atom. The summed E-state index contributed by atoms with van der Waals surface area (Å²) in [6, 6.07) is 6.20. The fourth-order valence-electron chi connectivity index (χ4n) is 1.64. The zero-order valence-corrected chi connectivity index (χ0v) is 8.97. The Hall–Kier alpha value is -1.98. The molecule has 0 bridgehead atoms. The van der Waals surface area contributed by atoms with E-state index < -0.39 is 11.9 Å². The van der Waals surface area contributed by atoms with E-state index in [0.29, 0.717) is 16.9 Å². The van der Waals surface area contributed by atoms with Crippen molar-refractivity contribution in [3.8, 4) is 11.1 Å². The van der Waals surface area contributed by atoms with Crippen molar-refractivity contribution < 1.29 is 13.2 Å². The smallest absolute Gasteiger partial charge is 0.399 e. The number of hydrogen-bond acceptors (Lipinski definition) is 2. The summed E-state index contributed by atoms with van der Waals surface area (Å²) in [5, 5.41) is 5.66. The van der Waals surface area contributed by atoms with Crippen molar-refractivity contribution in [1.29, 1.82) is 0 Å². The number of nitrogens with two attached hydrogens (primary N) is 1. The molecule has 3 nitrogen and oxygen atoms in total. The first kappa shape index (κ1) is 11.5. The summed E-state index contributed by atoms with van der Waals surface area (Å²) < 4.78 is 38.2. The van der Waals surface area contributed by atoms with E-state index in [0.717, 1.165) is 0 Å². The van der Waals surface area contributed by atoms with E-state index in [1.165, 1.54) is 0 Å². The predicted octanol–water partition coefficient (Wildman–Crippen LogP) is 2.99. The quantitative estimate of drug-likeness (QED) is 0.754. The number of benzene rings is 1. The lowest BCUT2D eigenvalue weighted by atomic mass is 10.0. The molecule has 0 spiro atoms. The van der Waals surface area contributed by atoms with Gasteiger partial charge >= 0.3 is 6.18 Å². The van der Waals surface area contributed by atoms with Crippen LogP contribution in [0.15, 0.2) is 24.3 Å². The van der Waals surface area contributed by atoms with Crippen molar-refractivity contribution >= 4 is 5.69 Å². The summed E-state index contributed by atoms with van der Waals surface area (Å²) in [4.78, 5) is 0. The van der Waals surface area contributed by atoms with Gasteiger partial charge in [0.25, 0.3) is 0 Å². The number of nitrogen functional groups attached to an aromatic ring is 1. The zero-order chi connectivity index (χ0) is 12.6. The molecule has 0 amide bonds. The number of H-pyrrole nitrogens is 1. The highest BCUT2D eigenvalue weighted by Crippen LogP contribution is 2.37. The molecule has 0 radical (unpaired) electrons. The van der Waals surface area contributed by atoms with Crippen LogP contribution >= 0.6 is 0 Å². The number of halogens is 3. The average Bonchev–Trinajstić information content (AvgIpc) is 2.61. The minimum atomic E-state index is -4.47. The van der Waals surface area contributed by atoms with E-state index in [1.54, 1.807) is 31.2 Å². The molecular weight excluding hydrogens is 231 g/mol. The summed E-state index contributed by atoms with van der Waals surface area (Å²) in [6.07, 6.45) is -4.47. The SMILES string of the molecule is Cc1[nH]nc(C(F)(F)F)c1-c1ccc(N)cc1. The molecule has 1 aromatic heterocycles. The van der Waals surface area contributed by atoms with Crippen LogP contribution in [0.1, 0.15) is 11.4 Å². The zero-order valence-electron chi connectivity index (χ0n) is 8.97. The van der Waals surface area contributed by atoms with Gasteiger partial charge in [-0.05, 0) is 24.6 Å². The highest BCUT2D eigenvalue weighted by Gasteiger charge is 2.37. The van der Waals surface area contributed by atoms with Crippen molar-refractivity contribution in [2.45, 2.75) is 13.1 Å². The standard InChI is InChI=1S/C11H10F3N3/c1-6-9(7-2-4-8(15)5-3-7)10(17-16-6)11(12,13)14/h2-5H,15H2,1H3,(H,16,17). The van der Waals surface area contributed by atoms with Crippen LogP contribution in [-0.4, -0.2) is 10.2 Å². The van der Waals surface area contributed by atoms with Crippen molar-refractivity contribution in [2.75, 3.05) is 5.73 Å². The van der Waals surface area contributed by atoms with Crippen molar-refractivity contribution in [2.24, 2.45) is 0 Å². The van der Waals surface area contributed by atoms with Crippen molar-refractivity contribution in [3.63, 3.8) is 0 Å². The van der Waals surface area contributed by atoms with Gasteiger partial charge in [-0.25, -0.2) is 0 Å². The number of hydrogen-bond donors (Lipinski definition) is 2. The minimum Gasteiger partial charge on any atom is -0.399 e. The van der Waals surface area contributed by atoms with Crippen LogP contribution in [0.5, 0.6) is 0 Å². The van der Waals surface area contributed by atoms with E-state index in [9.17, 15) is 13.2 Å². The molecule has 0 saturated heterocycles. The first-order valence-corrected chi connectivity index (χ1v) is 4.87. The number of aromatic amines is 1. The lowest BCUT2D eigenvalue weighted by Gasteiger charge is -2.07. The molecule has 0 aliphatic rings. The maximum absolute atomic E-state index is 12.7. The third-order valence-corrected chi connectivity index (χ3v) is 2.42. The van der Waals surface area contributed by atoms with Gasteiger partial charge in [-0.2, -0.15) is 18.3 Å². The fourth-order valence-corrected chi connectivity index (χ4v) is 1.64. The third kappa shape index (κ3) is 2.11. The molecule has 17 heavy (non-hydrogen) atoms. The molecule has 3 N–H and O–H groups in total. The van der Waals surface area contributed by atoms with Gasteiger partial charge in [0.2, 0.25) is 0 Å². The molecule has 1 heterocycles. The summed E-state index contributed by atoms with van der Waals surface area (Å²) in [6.45, 7) is 1.55. The highest BCUT2D eigenvalue weighted by atomic mass is 19.4. The Kier molecular flexibility index (Phi) is 2.57. The lowest BCUT2D eigenvalue weighted by molar-refractivity contribution is -0.140. The normalized spacial score (nSPS) is 11.8. The van der Waals surface area contributed by atoms with Gasteiger partial charge in [0.15, 0.2) is 5.69 Å². The number of rotatable bonds is 1. The molecule has 2 aromatic rings. The Morgan fingerprint density at radius 1 is 1.18 bits per heavy atom. The second kappa shape index (κ2) is 3.80. The van der Waals surface area contributed by atoms with Gasteiger partial charge in [-0.1, -0.05) is 12.1 Å². The number of nitrogens with zero attached hydrogens (tertiary/aromatic N) is 1. The number of aryl methyl sites for hydroxylation is 1. The van der Waals surface area contributed by atoms with Gasteiger partial charge in [0.1, 0.15) is 0 Å². The first-order valence-electron chi connectivity index (χ1n) is 4.87. The number of nitrogens with one attached hydrogen (secondary N) is 1. The predicted molar refractivity (Wildman–Crippen MR) is 58.2 cm³/mol. The molecule has 90 valence electrons. The third-order valence-electron chi connectivity index (χ3n) is 2.42. The molecule has 0 aliphatic heterocycles. The van der Waals surface area contributed by atoms with Gasteiger partial charge in [0, 0.05) is 16.9 Å². The highest BCUT2D eigenvalue weighted by molar-refractivity contribution is 5.70. The molecule has 0 aliphatic carbocycles. The summed E-state index contributed by atoms with van der Waals surface area (Å²) in [7, 11) is 0. The molecule has 0 unspecified atom stereocenters. The largest absolute Gasteiger partial charge is 0.435 e. The molecular formula is C11H10F3N3. The number of aromatic nitrogens is 2. The van der Waals surface area contributed by atoms with Gasteiger partial charge in [-0.3, -0.25) is 5.10 Å². The van der Waals surface area contributed by atoms with Crippen LogP contribution in [-0.2, 0) is 6.18 Å². The van der Waals surface area contributed by atoms with E-state index in [2.05, 4.69) is 10.2 Å². The van der Waals surface area contributed by atoms with Gasteiger partial charge in [0.05, 0.1) is 0 Å². The summed E-state index contributed by atoms with van der Waals surface area (Å²) >= 11 is 0. The van der Waals surface area contributed by atoms with Crippen molar-refractivity contribution in [1.82, 2.24) is 10.2 Å². The Balaban J connectivity index is 2.59. The van der Waals surface area contributed by atoms with Crippen LogP contribution in [0.4, 0.5) is 18.9 Å².